The molecule has 2 aromatic rings. The second-order valence-electron chi connectivity index (χ2n) is 10.1. The number of anilines is 3. The van der Waals surface area contributed by atoms with E-state index in [0.29, 0.717) is 43.2 Å². The zero-order valence-electron chi connectivity index (χ0n) is 22.4. The Labute approximate surface area is 240 Å². The third kappa shape index (κ3) is 9.89. The number of non-ortho nitro benzene ring substituents is 1. The first kappa shape index (κ1) is 34.0. The highest BCUT2D eigenvalue weighted by molar-refractivity contribution is 5.85. The lowest BCUT2D eigenvalue weighted by Gasteiger charge is -2.36. The molecule has 4 rings (SSSR count). The Morgan fingerprint density at radius 2 is 1.38 bits per heavy atom. The van der Waals surface area contributed by atoms with Crippen LogP contribution in [0, 0.1) is 21.7 Å². The molecule has 0 spiro atoms. The molecule has 0 aromatic heterocycles. The van der Waals surface area contributed by atoms with Crippen molar-refractivity contribution in [1.82, 2.24) is 4.90 Å². The van der Waals surface area contributed by atoms with Crippen LogP contribution in [-0.2, 0) is 4.74 Å². The van der Waals surface area contributed by atoms with E-state index in [1.807, 2.05) is 0 Å². The number of ether oxygens (including phenoxy) is 1. The number of nitro groups is 1. The average molecular weight is 593 g/mol. The summed E-state index contributed by atoms with van der Waals surface area (Å²) in [7, 11) is 0. The molecule has 2 aliphatic heterocycles. The number of nitrogens with zero attached hydrogens (tertiary/aromatic N) is 4. The van der Waals surface area contributed by atoms with Gasteiger partial charge in [-0.05, 0) is 64.3 Å². The van der Waals surface area contributed by atoms with E-state index in [1.54, 1.807) is 42.7 Å². The molecule has 0 atom stereocenters. The van der Waals surface area contributed by atoms with Crippen molar-refractivity contribution in [2.45, 2.75) is 45.6 Å². The Bertz CT molecular complexity index is 1110. The van der Waals surface area contributed by atoms with Crippen LogP contribution in [0.25, 0.3) is 0 Å². The van der Waals surface area contributed by atoms with Crippen LogP contribution in [0.4, 0.5) is 36.3 Å². The van der Waals surface area contributed by atoms with E-state index in [2.05, 4.69) is 4.90 Å². The number of nitrogens with two attached hydrogens (primary N) is 1. The van der Waals surface area contributed by atoms with Crippen LogP contribution in [-0.4, -0.2) is 60.8 Å². The summed E-state index contributed by atoms with van der Waals surface area (Å²) in [6.07, 6.45) is 3.18. The maximum atomic E-state index is 14.0. The van der Waals surface area contributed by atoms with Gasteiger partial charge in [-0.25, -0.2) is 13.6 Å². The third-order valence-electron chi connectivity index (χ3n) is 6.08. The summed E-state index contributed by atoms with van der Waals surface area (Å²) in [5.41, 5.74) is 6.15. The lowest BCUT2D eigenvalue weighted by atomic mass is 10.1. The maximum Gasteiger partial charge on any atom is 0.410 e. The van der Waals surface area contributed by atoms with E-state index in [9.17, 15) is 23.7 Å². The summed E-state index contributed by atoms with van der Waals surface area (Å²) in [6.45, 7) is 9.01. The first-order chi connectivity index (χ1) is 17.4. The monoisotopic (exact) mass is 591 g/mol. The van der Waals surface area contributed by atoms with Gasteiger partial charge in [0.05, 0.1) is 22.4 Å². The first-order valence-electron chi connectivity index (χ1n) is 12.4. The molecule has 2 aromatic carbocycles. The van der Waals surface area contributed by atoms with Gasteiger partial charge in [-0.3, -0.25) is 10.1 Å². The minimum Gasteiger partial charge on any atom is -0.444 e. The number of piperidine rings is 1. The predicted octanol–water partition coefficient (Wildman–Crippen LogP) is 6.03. The van der Waals surface area contributed by atoms with Gasteiger partial charge in [0.2, 0.25) is 0 Å². The highest BCUT2D eigenvalue weighted by Gasteiger charge is 2.27. The van der Waals surface area contributed by atoms with Crippen LogP contribution in [0.15, 0.2) is 36.4 Å². The summed E-state index contributed by atoms with van der Waals surface area (Å²) >= 11 is 0. The van der Waals surface area contributed by atoms with Crippen molar-refractivity contribution in [2.75, 3.05) is 54.8 Å². The number of amides is 1. The number of halogens is 4. The topological polar surface area (TPSA) is 105 Å². The molecule has 0 bridgehead atoms. The molecule has 218 valence electrons. The summed E-state index contributed by atoms with van der Waals surface area (Å²) in [6, 6.07) is 8.51. The molecule has 2 aliphatic rings. The van der Waals surface area contributed by atoms with Gasteiger partial charge in [-0.2, -0.15) is 0 Å². The molecule has 0 aliphatic carbocycles. The molecule has 2 fully saturated rings. The lowest BCUT2D eigenvalue weighted by Crippen LogP contribution is -2.50. The normalized spacial score (nSPS) is 15.3. The maximum absolute atomic E-state index is 14.0. The number of benzene rings is 2. The molecule has 0 saturated carbocycles. The van der Waals surface area contributed by atoms with Gasteiger partial charge in [-0.1, -0.05) is 0 Å². The average Bonchev–Trinajstić information content (AvgIpc) is 2.84. The number of hydrogen-bond acceptors (Lipinski definition) is 7. The standard InChI is InChI=1S/C15H20FN3O4.C11H15FN2.2ClH/c1-15(2,3)23-14(20)18-8-6-17(7-9-18)13-5-4-11(19(21)22)10-12(13)16;12-10-8-9(13)4-5-11(10)14-6-2-1-3-7-14;;/h4-5,10H,6-9H2,1-3H3;4-5,8H,1-3,6-7,13H2;2*1H. The molecule has 0 radical (unpaired) electrons. The van der Waals surface area contributed by atoms with Crippen LogP contribution in [0.5, 0.6) is 0 Å². The van der Waals surface area contributed by atoms with Gasteiger partial charge in [0.15, 0.2) is 5.82 Å². The molecular weight excluding hydrogens is 555 g/mol. The molecular formula is C26H37Cl2F2N5O4. The van der Waals surface area contributed by atoms with Gasteiger partial charge >= 0.3 is 6.09 Å². The lowest BCUT2D eigenvalue weighted by molar-refractivity contribution is -0.385. The SMILES string of the molecule is CC(C)(C)OC(=O)N1CCN(c2ccc([N+](=O)[O-])cc2F)CC1.Cl.Cl.Nc1ccc(N2CCCCC2)c(F)c1. The van der Waals surface area contributed by atoms with E-state index < -0.39 is 16.3 Å². The fourth-order valence-corrected chi connectivity index (χ4v) is 4.24. The smallest absolute Gasteiger partial charge is 0.410 e. The van der Waals surface area contributed by atoms with Gasteiger partial charge in [0.1, 0.15) is 11.4 Å². The first-order valence-corrected chi connectivity index (χ1v) is 12.4. The van der Waals surface area contributed by atoms with E-state index in [-0.39, 0.29) is 42.4 Å². The van der Waals surface area contributed by atoms with Gasteiger partial charge in [0, 0.05) is 51.0 Å². The number of carbonyl (C=O) groups excluding carboxylic acids is 1. The summed E-state index contributed by atoms with van der Waals surface area (Å²) in [4.78, 5) is 27.4. The zero-order chi connectivity index (χ0) is 27.2. The summed E-state index contributed by atoms with van der Waals surface area (Å²) in [5.74, 6) is -0.836. The summed E-state index contributed by atoms with van der Waals surface area (Å²) in [5, 5.41) is 10.6. The molecule has 2 N–H and O–H groups in total. The Morgan fingerprint density at radius 1 is 0.872 bits per heavy atom. The Morgan fingerprint density at radius 3 is 1.87 bits per heavy atom. The third-order valence-corrected chi connectivity index (χ3v) is 6.08. The van der Waals surface area contributed by atoms with Gasteiger partial charge in [0.25, 0.3) is 5.69 Å². The van der Waals surface area contributed by atoms with Crippen molar-refractivity contribution in [2.24, 2.45) is 0 Å². The van der Waals surface area contributed by atoms with Crippen molar-refractivity contribution in [3.05, 3.63) is 58.1 Å². The second kappa shape index (κ2) is 14.9. The highest BCUT2D eigenvalue weighted by atomic mass is 35.5. The van der Waals surface area contributed by atoms with Crippen LogP contribution < -0.4 is 15.5 Å². The number of nitro benzene ring substituents is 1. The van der Waals surface area contributed by atoms with Crippen LogP contribution in [0.2, 0.25) is 0 Å². The molecule has 1 amide bonds. The van der Waals surface area contributed by atoms with Crippen LogP contribution in [0.3, 0.4) is 0 Å². The fraction of sp³-hybridized carbons (Fsp3) is 0.500. The van der Waals surface area contributed by atoms with Crippen molar-refractivity contribution >= 4 is 53.7 Å². The largest absolute Gasteiger partial charge is 0.444 e. The molecule has 39 heavy (non-hydrogen) atoms. The molecule has 0 unspecified atom stereocenters. The molecule has 2 heterocycles. The van der Waals surface area contributed by atoms with Crippen molar-refractivity contribution in [3.63, 3.8) is 0 Å². The minimum atomic E-state index is -0.634. The van der Waals surface area contributed by atoms with E-state index in [0.717, 1.165) is 32.0 Å². The number of rotatable bonds is 3. The van der Waals surface area contributed by atoms with Gasteiger partial charge < -0.3 is 25.2 Å². The second-order valence-corrected chi connectivity index (χ2v) is 10.1. The van der Waals surface area contributed by atoms with E-state index in [1.165, 1.54) is 24.6 Å². The van der Waals surface area contributed by atoms with E-state index in [4.69, 9.17) is 10.5 Å². The zero-order valence-corrected chi connectivity index (χ0v) is 24.0. The number of carbonyl (C=O) groups is 1. The van der Waals surface area contributed by atoms with Crippen molar-refractivity contribution in [3.8, 4) is 0 Å². The van der Waals surface area contributed by atoms with Crippen molar-refractivity contribution < 1.29 is 23.2 Å². The number of piperazine rings is 1. The van der Waals surface area contributed by atoms with Gasteiger partial charge in [-0.15, -0.1) is 24.8 Å². The molecule has 13 heteroatoms. The Kier molecular flexibility index (Phi) is 13.0. The fourth-order valence-electron chi connectivity index (χ4n) is 4.24. The van der Waals surface area contributed by atoms with Crippen LogP contribution in [0.1, 0.15) is 40.0 Å². The number of nitrogen functional groups attached to an aromatic ring is 1. The predicted molar refractivity (Wildman–Crippen MR) is 154 cm³/mol. The number of hydrogen-bond donors (Lipinski definition) is 1. The Hall–Kier alpha value is -3.05. The van der Waals surface area contributed by atoms with E-state index >= 15 is 0 Å². The minimum absolute atomic E-state index is 0. The molecule has 9 nitrogen and oxygen atoms in total. The summed E-state index contributed by atoms with van der Waals surface area (Å²) < 4.78 is 32.8. The van der Waals surface area contributed by atoms with Crippen molar-refractivity contribution in [1.29, 1.82) is 0 Å². The quantitative estimate of drug-likeness (QED) is 0.264. The van der Waals surface area contributed by atoms with Crippen LogP contribution >= 0.6 is 24.8 Å². The Balaban J connectivity index is 0.000000409. The molecule has 2 saturated heterocycles. The highest BCUT2D eigenvalue weighted by Crippen LogP contribution is 2.26.